The number of carbonyl (C=O) groups excluding carboxylic acids is 1. The van der Waals surface area contributed by atoms with Crippen molar-refractivity contribution in [1.82, 2.24) is 5.16 Å². The van der Waals surface area contributed by atoms with Gasteiger partial charge in [-0.3, -0.25) is 0 Å². The average Bonchev–Trinajstić information content (AvgIpc) is 3.09. The number of ether oxygens (including phenoxy) is 2. The Hall–Kier alpha value is -3.08. The summed E-state index contributed by atoms with van der Waals surface area (Å²) in [5, 5.41) is 3.93. The maximum atomic E-state index is 12.3. The molecule has 5 nitrogen and oxygen atoms in total. The highest BCUT2D eigenvalue weighted by Gasteiger charge is 2.15. The molecule has 0 radical (unpaired) electrons. The molecule has 1 aromatic heterocycles. The van der Waals surface area contributed by atoms with Gasteiger partial charge in [-0.15, -0.1) is 0 Å². The third-order valence-corrected chi connectivity index (χ3v) is 3.54. The largest absolute Gasteiger partial charge is 0.496 e. The summed E-state index contributed by atoms with van der Waals surface area (Å²) in [7, 11) is 1.52. The second-order valence-corrected chi connectivity index (χ2v) is 5.33. The molecule has 1 heterocycles. The van der Waals surface area contributed by atoms with Gasteiger partial charge in [0.25, 0.3) is 0 Å². The van der Waals surface area contributed by atoms with Crippen molar-refractivity contribution in [3.8, 4) is 17.1 Å². The van der Waals surface area contributed by atoms with Gasteiger partial charge in [0.15, 0.2) is 5.76 Å². The summed E-state index contributed by atoms with van der Waals surface area (Å²) in [6.07, 6.45) is 0. The molecule has 0 bridgehead atoms. The smallest absolute Gasteiger partial charge is 0.342 e. The number of benzene rings is 2. The molecular weight excluding hydrogens is 306 g/mol. The third-order valence-electron chi connectivity index (χ3n) is 3.54. The molecule has 122 valence electrons. The number of esters is 1. The number of aromatic nitrogens is 1. The van der Waals surface area contributed by atoms with Crippen LogP contribution in [0.3, 0.4) is 0 Å². The van der Waals surface area contributed by atoms with E-state index < -0.39 is 5.97 Å². The van der Waals surface area contributed by atoms with E-state index in [9.17, 15) is 4.79 Å². The van der Waals surface area contributed by atoms with Crippen LogP contribution in [0.1, 0.15) is 21.6 Å². The summed E-state index contributed by atoms with van der Waals surface area (Å²) in [5.41, 5.74) is 2.82. The maximum Gasteiger partial charge on any atom is 0.342 e. The van der Waals surface area contributed by atoms with Crippen molar-refractivity contribution >= 4 is 5.97 Å². The Morgan fingerprint density at radius 1 is 1.12 bits per heavy atom. The molecule has 24 heavy (non-hydrogen) atoms. The fraction of sp³-hybridized carbons (Fsp3) is 0.158. The first-order valence-electron chi connectivity index (χ1n) is 7.50. The van der Waals surface area contributed by atoms with E-state index in [1.165, 1.54) is 7.11 Å². The summed E-state index contributed by atoms with van der Waals surface area (Å²) in [4.78, 5) is 12.3. The van der Waals surface area contributed by atoms with Crippen LogP contribution in [0.4, 0.5) is 0 Å². The number of nitrogens with zero attached hydrogens (tertiary/aromatic N) is 1. The van der Waals surface area contributed by atoms with Crippen LogP contribution >= 0.6 is 0 Å². The van der Waals surface area contributed by atoms with E-state index in [-0.39, 0.29) is 6.61 Å². The van der Waals surface area contributed by atoms with Gasteiger partial charge in [-0.05, 0) is 19.1 Å². The summed E-state index contributed by atoms with van der Waals surface area (Å²) < 4.78 is 15.8. The fourth-order valence-corrected chi connectivity index (χ4v) is 2.32. The molecular formula is C19H17NO4. The minimum atomic E-state index is -0.459. The molecule has 2 aromatic carbocycles. The van der Waals surface area contributed by atoms with Gasteiger partial charge in [0.1, 0.15) is 23.6 Å². The van der Waals surface area contributed by atoms with Crippen LogP contribution < -0.4 is 4.74 Å². The molecule has 0 saturated carbocycles. The highest BCUT2D eigenvalue weighted by molar-refractivity contribution is 5.92. The lowest BCUT2D eigenvalue weighted by Crippen LogP contribution is -2.07. The zero-order valence-electron chi connectivity index (χ0n) is 13.5. The van der Waals surface area contributed by atoms with Crippen LogP contribution in [0, 0.1) is 6.92 Å². The van der Waals surface area contributed by atoms with E-state index in [2.05, 4.69) is 5.16 Å². The zero-order chi connectivity index (χ0) is 16.9. The molecule has 0 amide bonds. The van der Waals surface area contributed by atoms with E-state index in [1.54, 1.807) is 18.2 Å². The van der Waals surface area contributed by atoms with Crippen molar-refractivity contribution in [2.75, 3.05) is 7.11 Å². The fourth-order valence-electron chi connectivity index (χ4n) is 2.32. The first-order chi connectivity index (χ1) is 11.7. The normalized spacial score (nSPS) is 10.4. The van der Waals surface area contributed by atoms with Crippen molar-refractivity contribution in [3.63, 3.8) is 0 Å². The van der Waals surface area contributed by atoms with Gasteiger partial charge in [0.2, 0.25) is 0 Å². The lowest BCUT2D eigenvalue weighted by Gasteiger charge is -2.08. The van der Waals surface area contributed by atoms with Crippen LogP contribution in [-0.4, -0.2) is 18.2 Å². The van der Waals surface area contributed by atoms with Gasteiger partial charge in [-0.25, -0.2) is 4.79 Å². The standard InChI is InChI=1S/C19H17NO4/c1-13-8-9-17(22-2)16(10-13)19(21)23-12-15-11-18(24-20-15)14-6-4-3-5-7-14/h3-11H,12H2,1-2H3. The molecule has 0 N–H and O–H groups in total. The average molecular weight is 323 g/mol. The summed E-state index contributed by atoms with van der Waals surface area (Å²) in [5.74, 6) is 0.658. The molecule has 0 aliphatic rings. The molecule has 0 spiro atoms. The monoisotopic (exact) mass is 323 g/mol. The minimum absolute atomic E-state index is 0.0340. The predicted molar refractivity (Wildman–Crippen MR) is 88.8 cm³/mol. The molecule has 3 rings (SSSR count). The lowest BCUT2D eigenvalue weighted by atomic mass is 10.1. The molecule has 0 aliphatic heterocycles. The number of carbonyl (C=O) groups is 1. The van der Waals surface area contributed by atoms with Crippen molar-refractivity contribution < 1.29 is 18.8 Å². The molecule has 0 unspecified atom stereocenters. The van der Waals surface area contributed by atoms with E-state index in [1.807, 2.05) is 43.3 Å². The van der Waals surface area contributed by atoms with E-state index in [4.69, 9.17) is 14.0 Å². The Morgan fingerprint density at radius 2 is 1.92 bits per heavy atom. The molecule has 0 fully saturated rings. The number of rotatable bonds is 5. The van der Waals surface area contributed by atoms with Gasteiger partial charge in [0, 0.05) is 11.6 Å². The number of methoxy groups -OCH3 is 1. The second-order valence-electron chi connectivity index (χ2n) is 5.33. The van der Waals surface area contributed by atoms with Gasteiger partial charge in [-0.2, -0.15) is 0 Å². The van der Waals surface area contributed by atoms with Gasteiger partial charge in [-0.1, -0.05) is 47.1 Å². The number of aryl methyl sites for hydroxylation is 1. The van der Waals surface area contributed by atoms with Crippen molar-refractivity contribution in [2.45, 2.75) is 13.5 Å². The minimum Gasteiger partial charge on any atom is -0.496 e. The van der Waals surface area contributed by atoms with Gasteiger partial charge >= 0.3 is 5.97 Å². The summed E-state index contributed by atoms with van der Waals surface area (Å²) in [6, 6.07) is 16.7. The second kappa shape index (κ2) is 7.00. The highest BCUT2D eigenvalue weighted by Crippen LogP contribution is 2.22. The quantitative estimate of drug-likeness (QED) is 0.664. The maximum absolute atomic E-state index is 12.3. The molecule has 5 heteroatoms. The Kier molecular flexibility index (Phi) is 4.61. The Morgan fingerprint density at radius 3 is 2.67 bits per heavy atom. The molecule has 0 atom stereocenters. The predicted octanol–water partition coefficient (Wildman–Crippen LogP) is 4.02. The van der Waals surface area contributed by atoms with Crippen molar-refractivity contribution in [1.29, 1.82) is 0 Å². The SMILES string of the molecule is COc1ccc(C)cc1C(=O)OCc1cc(-c2ccccc2)on1. The van der Waals surface area contributed by atoms with Crippen molar-refractivity contribution in [3.05, 3.63) is 71.4 Å². The van der Waals surface area contributed by atoms with Crippen LogP contribution in [0.2, 0.25) is 0 Å². The van der Waals surface area contributed by atoms with E-state index in [0.717, 1.165) is 11.1 Å². The Balaban J connectivity index is 1.69. The van der Waals surface area contributed by atoms with Gasteiger partial charge in [0.05, 0.1) is 7.11 Å². The molecule has 0 saturated heterocycles. The van der Waals surface area contributed by atoms with E-state index >= 15 is 0 Å². The van der Waals surface area contributed by atoms with Crippen molar-refractivity contribution in [2.24, 2.45) is 0 Å². The third kappa shape index (κ3) is 3.46. The molecule has 0 aliphatic carbocycles. The van der Waals surface area contributed by atoms with Crippen LogP contribution in [0.5, 0.6) is 5.75 Å². The number of hydrogen-bond acceptors (Lipinski definition) is 5. The lowest BCUT2D eigenvalue weighted by molar-refractivity contribution is 0.0460. The summed E-state index contributed by atoms with van der Waals surface area (Å²) >= 11 is 0. The van der Waals surface area contributed by atoms with E-state index in [0.29, 0.717) is 22.8 Å². The van der Waals surface area contributed by atoms with Crippen LogP contribution in [0.25, 0.3) is 11.3 Å². The topological polar surface area (TPSA) is 61.6 Å². The first-order valence-corrected chi connectivity index (χ1v) is 7.50. The van der Waals surface area contributed by atoms with Gasteiger partial charge < -0.3 is 14.0 Å². The van der Waals surface area contributed by atoms with Crippen LogP contribution in [0.15, 0.2) is 59.1 Å². The summed E-state index contributed by atoms with van der Waals surface area (Å²) in [6.45, 7) is 1.94. The molecule has 3 aromatic rings. The zero-order valence-corrected chi connectivity index (χ0v) is 13.5. The highest BCUT2D eigenvalue weighted by atomic mass is 16.5. The Labute approximate surface area is 139 Å². The van der Waals surface area contributed by atoms with Crippen LogP contribution in [-0.2, 0) is 11.3 Å². The number of hydrogen-bond donors (Lipinski definition) is 0. The Bertz CT molecular complexity index is 840. The first kappa shape index (κ1) is 15.8.